The summed E-state index contributed by atoms with van der Waals surface area (Å²) in [7, 11) is 0. The SMILES string of the molecule is O=[N+]([O-])c1ccc(CBr)cc1OCCc1ccccn1. The molecule has 0 N–H and O–H groups in total. The Morgan fingerprint density at radius 3 is 2.80 bits per heavy atom. The van der Waals surface area contributed by atoms with Gasteiger partial charge in [-0.15, -0.1) is 0 Å². The molecule has 104 valence electrons. The molecule has 0 atom stereocenters. The molecule has 0 saturated carbocycles. The second-order valence-electron chi connectivity index (χ2n) is 4.11. The van der Waals surface area contributed by atoms with Crippen LogP contribution in [0.5, 0.6) is 5.75 Å². The molecule has 0 fully saturated rings. The molecule has 0 amide bonds. The molecule has 1 aromatic carbocycles. The molecule has 0 saturated heterocycles. The van der Waals surface area contributed by atoms with E-state index in [9.17, 15) is 10.1 Å². The molecule has 0 aliphatic rings. The van der Waals surface area contributed by atoms with Gasteiger partial charge in [0.05, 0.1) is 11.5 Å². The number of nitrogens with zero attached hydrogens (tertiary/aromatic N) is 2. The molecule has 1 heterocycles. The molecule has 5 nitrogen and oxygen atoms in total. The lowest BCUT2D eigenvalue weighted by molar-refractivity contribution is -0.385. The lowest BCUT2D eigenvalue weighted by Gasteiger charge is -2.07. The number of alkyl halides is 1. The fraction of sp³-hybridized carbons (Fsp3) is 0.214. The molecule has 0 spiro atoms. The van der Waals surface area contributed by atoms with Crippen LogP contribution in [0.3, 0.4) is 0 Å². The van der Waals surface area contributed by atoms with Gasteiger partial charge in [0, 0.05) is 29.7 Å². The minimum absolute atomic E-state index is 0.0179. The minimum Gasteiger partial charge on any atom is -0.486 e. The fourth-order valence-electron chi connectivity index (χ4n) is 1.72. The van der Waals surface area contributed by atoms with Crippen molar-refractivity contribution in [2.75, 3.05) is 6.61 Å². The Labute approximate surface area is 124 Å². The predicted octanol–water partition coefficient (Wildman–Crippen LogP) is 3.51. The molecule has 0 unspecified atom stereocenters. The molecule has 0 bridgehead atoms. The first kappa shape index (κ1) is 14.5. The fourth-order valence-corrected chi connectivity index (χ4v) is 2.07. The van der Waals surface area contributed by atoms with E-state index in [-0.39, 0.29) is 5.69 Å². The van der Waals surface area contributed by atoms with Crippen LogP contribution in [-0.4, -0.2) is 16.5 Å². The van der Waals surface area contributed by atoms with Gasteiger partial charge in [-0.1, -0.05) is 28.1 Å². The van der Waals surface area contributed by atoms with Gasteiger partial charge in [0.1, 0.15) is 0 Å². The van der Waals surface area contributed by atoms with E-state index in [0.717, 1.165) is 11.3 Å². The molecular weight excluding hydrogens is 324 g/mol. The number of aromatic nitrogens is 1. The van der Waals surface area contributed by atoms with Crippen molar-refractivity contribution in [2.45, 2.75) is 11.8 Å². The predicted molar refractivity (Wildman–Crippen MR) is 79.2 cm³/mol. The van der Waals surface area contributed by atoms with Crippen molar-refractivity contribution in [3.8, 4) is 5.75 Å². The van der Waals surface area contributed by atoms with Crippen LogP contribution >= 0.6 is 15.9 Å². The van der Waals surface area contributed by atoms with Gasteiger partial charge in [-0.2, -0.15) is 0 Å². The number of nitro benzene ring substituents is 1. The van der Waals surface area contributed by atoms with Crippen LogP contribution in [0, 0.1) is 10.1 Å². The van der Waals surface area contributed by atoms with Crippen molar-refractivity contribution < 1.29 is 9.66 Å². The van der Waals surface area contributed by atoms with Crippen molar-refractivity contribution in [3.05, 3.63) is 64.0 Å². The summed E-state index contributed by atoms with van der Waals surface area (Å²) in [6.45, 7) is 0.351. The smallest absolute Gasteiger partial charge is 0.310 e. The number of hydrogen-bond donors (Lipinski definition) is 0. The highest BCUT2D eigenvalue weighted by Crippen LogP contribution is 2.28. The van der Waals surface area contributed by atoms with Gasteiger partial charge in [-0.25, -0.2) is 0 Å². The highest BCUT2D eigenvalue weighted by molar-refractivity contribution is 9.08. The monoisotopic (exact) mass is 336 g/mol. The number of ether oxygens (including phenoxy) is 1. The first-order chi connectivity index (χ1) is 9.70. The number of halogens is 1. The Kier molecular flexibility index (Phi) is 5.06. The zero-order valence-electron chi connectivity index (χ0n) is 10.7. The van der Waals surface area contributed by atoms with Gasteiger partial charge in [0.25, 0.3) is 0 Å². The maximum absolute atomic E-state index is 11.0. The Hall–Kier alpha value is -1.95. The lowest BCUT2D eigenvalue weighted by atomic mass is 10.2. The van der Waals surface area contributed by atoms with Gasteiger partial charge in [0.15, 0.2) is 5.75 Å². The van der Waals surface area contributed by atoms with Gasteiger partial charge >= 0.3 is 5.69 Å². The van der Waals surface area contributed by atoms with Crippen molar-refractivity contribution in [2.24, 2.45) is 0 Å². The van der Waals surface area contributed by atoms with E-state index in [1.807, 2.05) is 18.2 Å². The lowest BCUT2D eigenvalue weighted by Crippen LogP contribution is -2.05. The second-order valence-corrected chi connectivity index (χ2v) is 4.67. The summed E-state index contributed by atoms with van der Waals surface area (Å²) < 4.78 is 5.54. The summed E-state index contributed by atoms with van der Waals surface area (Å²) in [5.41, 5.74) is 1.81. The highest BCUT2D eigenvalue weighted by Gasteiger charge is 2.15. The Morgan fingerprint density at radius 1 is 1.30 bits per heavy atom. The third-order valence-corrected chi connectivity index (χ3v) is 3.36. The number of benzene rings is 1. The van der Waals surface area contributed by atoms with E-state index in [2.05, 4.69) is 20.9 Å². The van der Waals surface area contributed by atoms with E-state index >= 15 is 0 Å². The topological polar surface area (TPSA) is 65.3 Å². The van der Waals surface area contributed by atoms with Crippen LogP contribution in [0.15, 0.2) is 42.6 Å². The molecule has 6 heteroatoms. The van der Waals surface area contributed by atoms with Crippen molar-refractivity contribution in [1.29, 1.82) is 0 Å². The van der Waals surface area contributed by atoms with Crippen LogP contribution in [-0.2, 0) is 11.8 Å². The van der Waals surface area contributed by atoms with Crippen LogP contribution in [0.1, 0.15) is 11.3 Å². The van der Waals surface area contributed by atoms with Crippen LogP contribution in [0.4, 0.5) is 5.69 Å². The summed E-state index contributed by atoms with van der Waals surface area (Å²) in [5.74, 6) is 0.294. The van der Waals surface area contributed by atoms with Crippen molar-refractivity contribution >= 4 is 21.6 Å². The second kappa shape index (κ2) is 7.00. The van der Waals surface area contributed by atoms with E-state index < -0.39 is 4.92 Å². The number of pyridine rings is 1. The highest BCUT2D eigenvalue weighted by atomic mass is 79.9. The van der Waals surface area contributed by atoms with Crippen LogP contribution in [0.25, 0.3) is 0 Å². The van der Waals surface area contributed by atoms with E-state index in [0.29, 0.717) is 24.1 Å². The Bertz CT molecular complexity index is 590. The molecule has 2 rings (SSSR count). The average molecular weight is 337 g/mol. The molecular formula is C14H13BrN2O3. The Morgan fingerprint density at radius 2 is 2.15 bits per heavy atom. The van der Waals surface area contributed by atoms with Gasteiger partial charge < -0.3 is 4.74 Å². The van der Waals surface area contributed by atoms with Gasteiger partial charge in [-0.3, -0.25) is 15.1 Å². The molecule has 0 aliphatic carbocycles. The van der Waals surface area contributed by atoms with Gasteiger partial charge in [-0.05, 0) is 23.8 Å². The summed E-state index contributed by atoms with van der Waals surface area (Å²) in [6.07, 6.45) is 2.32. The first-order valence-electron chi connectivity index (χ1n) is 6.06. The molecule has 2 aromatic rings. The van der Waals surface area contributed by atoms with Crippen LogP contribution < -0.4 is 4.74 Å². The molecule has 0 radical (unpaired) electrons. The summed E-state index contributed by atoms with van der Waals surface area (Å²) in [4.78, 5) is 14.7. The minimum atomic E-state index is -0.436. The third-order valence-electron chi connectivity index (χ3n) is 2.72. The third kappa shape index (κ3) is 3.77. The van der Waals surface area contributed by atoms with Crippen LogP contribution in [0.2, 0.25) is 0 Å². The summed E-state index contributed by atoms with van der Waals surface area (Å²) in [5, 5.41) is 11.6. The maximum Gasteiger partial charge on any atom is 0.310 e. The average Bonchev–Trinajstić information content (AvgIpc) is 2.48. The van der Waals surface area contributed by atoms with E-state index in [1.165, 1.54) is 6.07 Å². The Balaban J connectivity index is 2.06. The van der Waals surface area contributed by atoms with Crippen molar-refractivity contribution in [3.63, 3.8) is 0 Å². The largest absolute Gasteiger partial charge is 0.486 e. The summed E-state index contributed by atoms with van der Waals surface area (Å²) >= 11 is 3.32. The molecule has 0 aliphatic heterocycles. The molecule has 20 heavy (non-hydrogen) atoms. The first-order valence-corrected chi connectivity index (χ1v) is 7.19. The zero-order chi connectivity index (χ0) is 14.4. The normalized spacial score (nSPS) is 10.2. The van der Waals surface area contributed by atoms with Gasteiger partial charge in [0.2, 0.25) is 0 Å². The standard InChI is InChI=1S/C14H13BrN2O3/c15-10-11-4-5-13(17(18)19)14(9-11)20-8-6-12-3-1-2-7-16-12/h1-5,7,9H,6,8,10H2. The maximum atomic E-state index is 11.0. The van der Waals surface area contributed by atoms with E-state index in [4.69, 9.17) is 4.74 Å². The van der Waals surface area contributed by atoms with Crippen molar-refractivity contribution in [1.82, 2.24) is 4.98 Å². The quantitative estimate of drug-likeness (QED) is 0.460. The number of hydrogen-bond acceptors (Lipinski definition) is 4. The molecule has 1 aromatic heterocycles. The number of nitro groups is 1. The number of rotatable bonds is 6. The summed E-state index contributed by atoms with van der Waals surface area (Å²) in [6, 6.07) is 10.5. The zero-order valence-corrected chi connectivity index (χ0v) is 12.2. The van der Waals surface area contributed by atoms with E-state index in [1.54, 1.807) is 18.3 Å².